The number of hydrogen-bond acceptors (Lipinski definition) is 3. The monoisotopic (exact) mass is 235 g/mol. The molecule has 3 nitrogen and oxygen atoms in total. The first kappa shape index (κ1) is 11.9. The van der Waals surface area contributed by atoms with Crippen LogP contribution in [0.1, 0.15) is 24.8 Å². The van der Waals surface area contributed by atoms with Crippen molar-refractivity contribution in [3.63, 3.8) is 0 Å². The number of ether oxygens (including phenoxy) is 2. The summed E-state index contributed by atoms with van der Waals surface area (Å²) in [5, 5.41) is 8.58. The number of nitriles is 1. The van der Waals surface area contributed by atoms with Crippen molar-refractivity contribution in [3.05, 3.63) is 29.6 Å². The second-order valence-electron chi connectivity index (χ2n) is 4.03. The maximum atomic E-state index is 13.3. The molecule has 0 radical (unpaired) electrons. The molecular formula is C13H14FNO2. The zero-order chi connectivity index (χ0) is 12.1. The predicted octanol–water partition coefficient (Wildman–Crippen LogP) is 2.65. The molecule has 0 amide bonds. The van der Waals surface area contributed by atoms with E-state index in [1.807, 2.05) is 0 Å². The number of halogens is 1. The third-order valence-electron chi connectivity index (χ3n) is 2.79. The van der Waals surface area contributed by atoms with Crippen LogP contribution in [0.2, 0.25) is 0 Å². The molecule has 1 aromatic carbocycles. The molecule has 1 fully saturated rings. The van der Waals surface area contributed by atoms with E-state index in [2.05, 4.69) is 0 Å². The van der Waals surface area contributed by atoms with Gasteiger partial charge in [-0.05, 0) is 25.0 Å². The van der Waals surface area contributed by atoms with Crippen molar-refractivity contribution in [3.8, 4) is 11.8 Å². The Hall–Kier alpha value is -1.60. The van der Waals surface area contributed by atoms with Gasteiger partial charge in [0.2, 0.25) is 0 Å². The Morgan fingerprint density at radius 2 is 2.41 bits per heavy atom. The molecule has 0 bridgehead atoms. The van der Waals surface area contributed by atoms with Crippen molar-refractivity contribution in [2.45, 2.75) is 25.4 Å². The highest BCUT2D eigenvalue weighted by atomic mass is 19.1. The van der Waals surface area contributed by atoms with Crippen molar-refractivity contribution in [2.24, 2.45) is 0 Å². The van der Waals surface area contributed by atoms with E-state index < -0.39 is 5.82 Å². The van der Waals surface area contributed by atoms with Crippen molar-refractivity contribution < 1.29 is 13.9 Å². The fraction of sp³-hybridized carbons (Fsp3) is 0.462. The van der Waals surface area contributed by atoms with Gasteiger partial charge in [-0.25, -0.2) is 4.39 Å². The first-order chi connectivity index (χ1) is 8.29. The molecule has 1 unspecified atom stereocenters. The minimum absolute atomic E-state index is 0.0384. The van der Waals surface area contributed by atoms with Crippen LogP contribution in [0.5, 0.6) is 5.75 Å². The van der Waals surface area contributed by atoms with E-state index in [0.717, 1.165) is 25.9 Å². The molecule has 0 aromatic heterocycles. The van der Waals surface area contributed by atoms with E-state index in [4.69, 9.17) is 14.7 Å². The molecule has 0 spiro atoms. The molecular weight excluding hydrogens is 221 g/mol. The van der Waals surface area contributed by atoms with Gasteiger partial charge in [0.05, 0.1) is 18.3 Å². The Kier molecular flexibility index (Phi) is 3.94. The second kappa shape index (κ2) is 5.65. The van der Waals surface area contributed by atoms with Gasteiger partial charge in [0.25, 0.3) is 0 Å². The summed E-state index contributed by atoms with van der Waals surface area (Å²) in [6.45, 7) is 1.34. The minimum atomic E-state index is -0.540. The van der Waals surface area contributed by atoms with Crippen molar-refractivity contribution in [1.82, 2.24) is 0 Å². The van der Waals surface area contributed by atoms with Gasteiger partial charge in [-0.1, -0.05) is 0 Å². The van der Waals surface area contributed by atoms with Crippen LogP contribution in [0.25, 0.3) is 0 Å². The van der Waals surface area contributed by atoms with Gasteiger partial charge in [0.1, 0.15) is 17.6 Å². The average Bonchev–Trinajstić information content (AvgIpc) is 2.82. The maximum absolute atomic E-state index is 13.3. The second-order valence-corrected chi connectivity index (χ2v) is 4.03. The van der Waals surface area contributed by atoms with Crippen LogP contribution in [0.3, 0.4) is 0 Å². The van der Waals surface area contributed by atoms with Crippen LogP contribution in [0.4, 0.5) is 4.39 Å². The minimum Gasteiger partial charge on any atom is -0.493 e. The summed E-state index contributed by atoms with van der Waals surface area (Å²) in [5.41, 5.74) is 0.0384. The van der Waals surface area contributed by atoms with Crippen LogP contribution >= 0.6 is 0 Å². The third-order valence-corrected chi connectivity index (χ3v) is 2.79. The first-order valence-corrected chi connectivity index (χ1v) is 5.73. The smallest absolute Gasteiger partial charge is 0.144 e. The molecule has 4 heteroatoms. The predicted molar refractivity (Wildman–Crippen MR) is 60.2 cm³/mol. The summed E-state index contributed by atoms with van der Waals surface area (Å²) < 4.78 is 24.1. The SMILES string of the molecule is N#Cc1ccc(OCCC2CCCO2)cc1F. The Morgan fingerprint density at radius 3 is 3.06 bits per heavy atom. The van der Waals surface area contributed by atoms with Crippen molar-refractivity contribution >= 4 is 0 Å². The normalized spacial score (nSPS) is 18.9. The molecule has 1 aromatic rings. The maximum Gasteiger partial charge on any atom is 0.144 e. The number of hydrogen-bond donors (Lipinski definition) is 0. The lowest BCUT2D eigenvalue weighted by molar-refractivity contribution is 0.0903. The number of benzene rings is 1. The summed E-state index contributed by atoms with van der Waals surface area (Å²) in [7, 11) is 0. The highest BCUT2D eigenvalue weighted by Gasteiger charge is 2.15. The van der Waals surface area contributed by atoms with Gasteiger partial charge in [-0.15, -0.1) is 0 Å². The van der Waals surface area contributed by atoms with E-state index >= 15 is 0 Å². The molecule has 1 heterocycles. The highest BCUT2D eigenvalue weighted by Crippen LogP contribution is 2.18. The highest BCUT2D eigenvalue weighted by molar-refractivity contribution is 5.36. The molecule has 1 aliphatic rings. The van der Waals surface area contributed by atoms with E-state index in [-0.39, 0.29) is 11.7 Å². The molecule has 1 atom stereocenters. The van der Waals surface area contributed by atoms with E-state index in [9.17, 15) is 4.39 Å². The van der Waals surface area contributed by atoms with E-state index in [1.165, 1.54) is 12.1 Å². The fourth-order valence-corrected chi connectivity index (χ4v) is 1.86. The quantitative estimate of drug-likeness (QED) is 0.805. The Labute approximate surface area is 99.8 Å². The van der Waals surface area contributed by atoms with Crippen LogP contribution in [0.15, 0.2) is 18.2 Å². The standard InChI is InChI=1S/C13H14FNO2/c14-13-8-12(4-3-10(13)9-15)17-7-5-11-2-1-6-16-11/h3-4,8,11H,1-2,5-7H2. The molecule has 0 saturated carbocycles. The zero-order valence-electron chi connectivity index (χ0n) is 9.49. The average molecular weight is 235 g/mol. The zero-order valence-corrected chi connectivity index (χ0v) is 9.49. The lowest BCUT2D eigenvalue weighted by Crippen LogP contribution is -2.10. The Bertz CT molecular complexity index is 422. The number of rotatable bonds is 4. The molecule has 0 aliphatic carbocycles. The van der Waals surface area contributed by atoms with Gasteiger partial charge < -0.3 is 9.47 Å². The molecule has 17 heavy (non-hydrogen) atoms. The fourth-order valence-electron chi connectivity index (χ4n) is 1.86. The lowest BCUT2D eigenvalue weighted by atomic mass is 10.2. The largest absolute Gasteiger partial charge is 0.493 e. The Morgan fingerprint density at radius 1 is 1.53 bits per heavy atom. The molecule has 1 aliphatic heterocycles. The summed E-state index contributed by atoms with van der Waals surface area (Å²) in [6, 6.07) is 6.05. The van der Waals surface area contributed by atoms with Gasteiger partial charge in [-0.3, -0.25) is 0 Å². The topological polar surface area (TPSA) is 42.2 Å². The van der Waals surface area contributed by atoms with Crippen LogP contribution in [-0.4, -0.2) is 19.3 Å². The Balaban J connectivity index is 1.82. The van der Waals surface area contributed by atoms with Gasteiger partial charge in [0.15, 0.2) is 0 Å². The van der Waals surface area contributed by atoms with Gasteiger partial charge in [-0.2, -0.15) is 5.26 Å². The summed E-state index contributed by atoms with van der Waals surface area (Å²) in [4.78, 5) is 0. The molecule has 0 N–H and O–H groups in total. The van der Waals surface area contributed by atoms with Crippen LogP contribution < -0.4 is 4.74 Å². The van der Waals surface area contributed by atoms with E-state index in [0.29, 0.717) is 12.4 Å². The van der Waals surface area contributed by atoms with Crippen LogP contribution in [0, 0.1) is 17.1 Å². The van der Waals surface area contributed by atoms with Gasteiger partial charge >= 0.3 is 0 Å². The number of nitrogens with zero attached hydrogens (tertiary/aromatic N) is 1. The van der Waals surface area contributed by atoms with E-state index in [1.54, 1.807) is 12.1 Å². The first-order valence-electron chi connectivity index (χ1n) is 5.73. The third kappa shape index (κ3) is 3.18. The molecule has 1 saturated heterocycles. The molecule has 90 valence electrons. The summed E-state index contributed by atoms with van der Waals surface area (Å²) in [5.74, 6) is -0.0818. The van der Waals surface area contributed by atoms with Gasteiger partial charge in [0, 0.05) is 19.1 Å². The van der Waals surface area contributed by atoms with Crippen molar-refractivity contribution in [1.29, 1.82) is 5.26 Å². The van der Waals surface area contributed by atoms with Crippen LogP contribution in [-0.2, 0) is 4.74 Å². The summed E-state index contributed by atoms with van der Waals surface area (Å²) in [6.07, 6.45) is 3.28. The van der Waals surface area contributed by atoms with Crippen molar-refractivity contribution in [2.75, 3.05) is 13.2 Å². The summed E-state index contributed by atoms with van der Waals surface area (Å²) >= 11 is 0. The lowest BCUT2D eigenvalue weighted by Gasteiger charge is -2.10. The molecule has 2 rings (SSSR count).